The molecule has 1 atom stereocenters. The Kier molecular flexibility index (Phi) is 4.08. The molecule has 0 spiro atoms. The van der Waals surface area contributed by atoms with Crippen molar-refractivity contribution in [2.45, 2.75) is 46.6 Å². The van der Waals surface area contributed by atoms with Crippen molar-refractivity contribution in [3.05, 3.63) is 15.6 Å². The van der Waals surface area contributed by atoms with E-state index < -0.39 is 0 Å². The van der Waals surface area contributed by atoms with Crippen LogP contribution in [0.4, 0.5) is 0 Å². The van der Waals surface area contributed by atoms with Gasteiger partial charge in [0.15, 0.2) is 0 Å². The molecule has 0 radical (unpaired) electrons. The SMILES string of the molecule is CCc1nc(CC(C)C)sc1C(C)N. The third kappa shape index (κ3) is 2.79. The third-order valence-electron chi connectivity index (χ3n) is 2.10. The third-order valence-corrected chi connectivity index (χ3v) is 3.42. The van der Waals surface area contributed by atoms with Gasteiger partial charge in [-0.1, -0.05) is 20.8 Å². The van der Waals surface area contributed by atoms with Gasteiger partial charge < -0.3 is 5.73 Å². The van der Waals surface area contributed by atoms with Crippen LogP contribution in [0.15, 0.2) is 0 Å². The minimum Gasteiger partial charge on any atom is -0.323 e. The molecule has 0 bridgehead atoms. The van der Waals surface area contributed by atoms with Crippen molar-refractivity contribution in [1.82, 2.24) is 4.98 Å². The summed E-state index contributed by atoms with van der Waals surface area (Å²) < 4.78 is 0. The van der Waals surface area contributed by atoms with E-state index in [2.05, 4.69) is 25.8 Å². The summed E-state index contributed by atoms with van der Waals surface area (Å²) in [5.74, 6) is 0.673. The zero-order valence-electron chi connectivity index (χ0n) is 9.50. The molecule has 1 unspecified atom stereocenters. The fourth-order valence-corrected chi connectivity index (χ4v) is 2.78. The topological polar surface area (TPSA) is 38.9 Å². The summed E-state index contributed by atoms with van der Waals surface area (Å²) in [5.41, 5.74) is 7.10. The number of nitrogens with two attached hydrogens (primary N) is 1. The van der Waals surface area contributed by atoms with Crippen LogP contribution in [-0.2, 0) is 12.8 Å². The zero-order valence-corrected chi connectivity index (χ0v) is 10.3. The van der Waals surface area contributed by atoms with E-state index in [1.165, 1.54) is 15.6 Å². The maximum Gasteiger partial charge on any atom is 0.0934 e. The Balaban J connectivity index is 2.89. The second kappa shape index (κ2) is 4.89. The van der Waals surface area contributed by atoms with E-state index in [4.69, 9.17) is 5.73 Å². The summed E-state index contributed by atoms with van der Waals surface area (Å²) >= 11 is 1.78. The maximum atomic E-state index is 5.90. The largest absolute Gasteiger partial charge is 0.323 e. The monoisotopic (exact) mass is 212 g/mol. The first-order valence-electron chi connectivity index (χ1n) is 5.28. The van der Waals surface area contributed by atoms with Gasteiger partial charge in [0.05, 0.1) is 10.7 Å². The van der Waals surface area contributed by atoms with Gasteiger partial charge in [-0.2, -0.15) is 0 Å². The Bertz CT molecular complexity index is 289. The molecule has 0 saturated carbocycles. The van der Waals surface area contributed by atoms with Crippen LogP contribution in [0.5, 0.6) is 0 Å². The summed E-state index contributed by atoms with van der Waals surface area (Å²) in [6.45, 7) is 8.61. The minimum absolute atomic E-state index is 0.128. The predicted molar refractivity (Wildman–Crippen MR) is 62.6 cm³/mol. The van der Waals surface area contributed by atoms with E-state index in [1.54, 1.807) is 11.3 Å². The molecule has 1 rings (SSSR count). The van der Waals surface area contributed by atoms with Crippen LogP contribution in [0.25, 0.3) is 0 Å². The van der Waals surface area contributed by atoms with Crippen molar-refractivity contribution in [1.29, 1.82) is 0 Å². The van der Waals surface area contributed by atoms with Crippen molar-refractivity contribution < 1.29 is 0 Å². The number of aryl methyl sites for hydroxylation is 1. The second-order valence-corrected chi connectivity index (χ2v) is 5.27. The van der Waals surface area contributed by atoms with E-state index in [1.807, 2.05) is 6.92 Å². The molecule has 1 aromatic rings. The quantitative estimate of drug-likeness (QED) is 0.833. The summed E-state index contributed by atoms with van der Waals surface area (Å²) in [7, 11) is 0. The molecule has 0 saturated heterocycles. The molecule has 14 heavy (non-hydrogen) atoms. The molecule has 0 aliphatic carbocycles. The smallest absolute Gasteiger partial charge is 0.0934 e. The van der Waals surface area contributed by atoms with E-state index in [0.717, 1.165) is 12.8 Å². The maximum absolute atomic E-state index is 5.90. The molecule has 0 aliphatic rings. The molecule has 3 heteroatoms. The Morgan fingerprint density at radius 2 is 2.00 bits per heavy atom. The molecule has 2 nitrogen and oxygen atoms in total. The van der Waals surface area contributed by atoms with E-state index in [9.17, 15) is 0 Å². The molecular weight excluding hydrogens is 192 g/mol. The fourth-order valence-electron chi connectivity index (χ4n) is 1.46. The highest BCUT2D eigenvalue weighted by Gasteiger charge is 2.13. The first-order valence-corrected chi connectivity index (χ1v) is 6.10. The first-order chi connectivity index (χ1) is 6.54. The van der Waals surface area contributed by atoms with E-state index in [0.29, 0.717) is 5.92 Å². The van der Waals surface area contributed by atoms with Gasteiger partial charge in [0, 0.05) is 17.3 Å². The molecule has 1 heterocycles. The molecule has 0 aromatic carbocycles. The highest BCUT2D eigenvalue weighted by atomic mass is 32.1. The standard InChI is InChI=1S/C11H20N2S/c1-5-9-11(8(4)12)14-10(13-9)6-7(2)3/h7-8H,5-6,12H2,1-4H3. The normalized spacial score (nSPS) is 13.6. The Morgan fingerprint density at radius 3 is 2.36 bits per heavy atom. The van der Waals surface area contributed by atoms with Crippen LogP contribution in [-0.4, -0.2) is 4.98 Å². The van der Waals surface area contributed by atoms with Crippen LogP contribution in [0.2, 0.25) is 0 Å². The van der Waals surface area contributed by atoms with Gasteiger partial charge in [0.25, 0.3) is 0 Å². The lowest BCUT2D eigenvalue weighted by Gasteiger charge is -2.02. The van der Waals surface area contributed by atoms with Gasteiger partial charge in [-0.3, -0.25) is 0 Å². The number of aromatic nitrogens is 1. The lowest BCUT2D eigenvalue weighted by atomic mass is 10.1. The van der Waals surface area contributed by atoms with E-state index in [-0.39, 0.29) is 6.04 Å². The molecule has 0 amide bonds. The summed E-state index contributed by atoms with van der Waals surface area (Å²) in [6, 6.07) is 0.128. The Hall–Kier alpha value is -0.410. The lowest BCUT2D eigenvalue weighted by molar-refractivity contribution is 0.643. The molecule has 0 fully saturated rings. The number of nitrogens with zero attached hydrogens (tertiary/aromatic N) is 1. The van der Waals surface area contributed by atoms with Crippen LogP contribution < -0.4 is 5.73 Å². The summed E-state index contributed by atoms with van der Waals surface area (Å²) in [5, 5.41) is 1.24. The lowest BCUT2D eigenvalue weighted by Crippen LogP contribution is -2.05. The molecule has 2 N–H and O–H groups in total. The van der Waals surface area contributed by atoms with Crippen molar-refractivity contribution >= 4 is 11.3 Å². The first kappa shape index (κ1) is 11.7. The zero-order chi connectivity index (χ0) is 10.7. The average Bonchev–Trinajstić information content (AvgIpc) is 2.46. The fraction of sp³-hybridized carbons (Fsp3) is 0.727. The second-order valence-electron chi connectivity index (χ2n) is 4.16. The number of hydrogen-bond donors (Lipinski definition) is 1. The number of rotatable bonds is 4. The highest BCUT2D eigenvalue weighted by molar-refractivity contribution is 7.11. The number of hydrogen-bond acceptors (Lipinski definition) is 3. The van der Waals surface area contributed by atoms with Crippen LogP contribution in [0, 0.1) is 5.92 Å². The minimum atomic E-state index is 0.128. The van der Waals surface area contributed by atoms with Gasteiger partial charge in [-0.05, 0) is 19.3 Å². The van der Waals surface area contributed by atoms with Crippen LogP contribution >= 0.6 is 11.3 Å². The predicted octanol–water partition coefficient (Wildman–Crippen LogP) is 2.92. The molecule has 80 valence electrons. The summed E-state index contributed by atoms with van der Waals surface area (Å²) in [4.78, 5) is 5.90. The van der Waals surface area contributed by atoms with Gasteiger partial charge in [-0.25, -0.2) is 4.98 Å². The number of thiazole rings is 1. The van der Waals surface area contributed by atoms with Gasteiger partial charge >= 0.3 is 0 Å². The molecule has 0 aliphatic heterocycles. The Morgan fingerprint density at radius 1 is 1.36 bits per heavy atom. The van der Waals surface area contributed by atoms with E-state index >= 15 is 0 Å². The average molecular weight is 212 g/mol. The molecular formula is C11H20N2S. The Labute approximate surface area is 90.6 Å². The van der Waals surface area contributed by atoms with Crippen molar-refractivity contribution in [3.63, 3.8) is 0 Å². The van der Waals surface area contributed by atoms with Crippen molar-refractivity contribution in [2.75, 3.05) is 0 Å². The van der Waals surface area contributed by atoms with Crippen molar-refractivity contribution in [3.8, 4) is 0 Å². The van der Waals surface area contributed by atoms with Gasteiger partial charge in [0.1, 0.15) is 0 Å². The summed E-state index contributed by atoms with van der Waals surface area (Å²) in [6.07, 6.45) is 2.07. The molecule has 1 aromatic heterocycles. The highest BCUT2D eigenvalue weighted by Crippen LogP contribution is 2.25. The van der Waals surface area contributed by atoms with Crippen LogP contribution in [0.1, 0.15) is 49.3 Å². The van der Waals surface area contributed by atoms with Crippen LogP contribution in [0.3, 0.4) is 0 Å². The van der Waals surface area contributed by atoms with Crippen molar-refractivity contribution in [2.24, 2.45) is 11.7 Å². The van der Waals surface area contributed by atoms with Gasteiger partial charge in [0.2, 0.25) is 0 Å². The van der Waals surface area contributed by atoms with Gasteiger partial charge in [-0.15, -0.1) is 11.3 Å².